The minimum atomic E-state index is -3.03. The molecule has 1 aliphatic heterocycles. The van der Waals surface area contributed by atoms with Crippen molar-refractivity contribution in [3.8, 4) is 11.4 Å². The summed E-state index contributed by atoms with van der Waals surface area (Å²) in [6.45, 7) is 1.24. The maximum absolute atomic E-state index is 12.3. The van der Waals surface area contributed by atoms with Gasteiger partial charge in [-0.05, 0) is 37.1 Å². The lowest BCUT2D eigenvalue weighted by Crippen LogP contribution is -2.36. The molecule has 0 bridgehead atoms. The second-order valence-electron chi connectivity index (χ2n) is 6.77. The third kappa shape index (κ3) is 6.18. The van der Waals surface area contributed by atoms with Crippen LogP contribution in [-0.2, 0) is 25.9 Å². The minimum Gasteiger partial charge on any atom is -0.385 e. The molecule has 0 aliphatic carbocycles. The Hall–Kier alpha value is -1.62. The van der Waals surface area contributed by atoms with Crippen LogP contribution in [0.15, 0.2) is 29.4 Å². The Labute approximate surface area is 179 Å². The Bertz CT molecular complexity index is 947. The number of carbonyl (C=O) groups is 1. The fourth-order valence-corrected chi connectivity index (χ4v) is 5.66. The Morgan fingerprint density at radius 3 is 2.76 bits per heavy atom. The van der Waals surface area contributed by atoms with Crippen molar-refractivity contribution in [2.24, 2.45) is 0 Å². The zero-order valence-electron chi connectivity index (χ0n) is 16.0. The van der Waals surface area contributed by atoms with Gasteiger partial charge in [0.2, 0.25) is 5.91 Å². The molecule has 29 heavy (non-hydrogen) atoms. The summed E-state index contributed by atoms with van der Waals surface area (Å²) in [4.78, 5) is 12.3. The fraction of sp³-hybridized carbons (Fsp3) is 0.500. The normalized spacial score (nSPS) is 18.1. The van der Waals surface area contributed by atoms with E-state index in [-0.39, 0.29) is 29.2 Å². The lowest BCUT2D eigenvalue weighted by atomic mass is 10.2. The van der Waals surface area contributed by atoms with Gasteiger partial charge in [-0.2, -0.15) is 0 Å². The number of amides is 1. The topological polar surface area (TPSA) is 103 Å². The van der Waals surface area contributed by atoms with Crippen LogP contribution in [0.25, 0.3) is 11.4 Å². The molecule has 0 radical (unpaired) electrons. The van der Waals surface area contributed by atoms with Gasteiger partial charge in [0.15, 0.2) is 20.8 Å². The van der Waals surface area contributed by atoms with Gasteiger partial charge in [0.25, 0.3) is 0 Å². The zero-order valence-corrected chi connectivity index (χ0v) is 18.4. The van der Waals surface area contributed by atoms with E-state index in [0.717, 1.165) is 12.0 Å². The number of aromatic nitrogens is 3. The smallest absolute Gasteiger partial charge is 0.230 e. The van der Waals surface area contributed by atoms with Crippen LogP contribution in [0.5, 0.6) is 0 Å². The average Bonchev–Trinajstić information content (AvgIpc) is 3.23. The summed E-state index contributed by atoms with van der Waals surface area (Å²) < 4.78 is 30.2. The van der Waals surface area contributed by atoms with E-state index >= 15 is 0 Å². The Morgan fingerprint density at radius 1 is 1.34 bits per heavy atom. The van der Waals surface area contributed by atoms with Crippen LogP contribution >= 0.6 is 23.4 Å². The number of benzene rings is 1. The third-order valence-corrected chi connectivity index (χ3v) is 7.47. The first-order valence-corrected chi connectivity index (χ1v) is 12.4. The molecule has 1 N–H and O–H groups in total. The number of sulfone groups is 1. The molecule has 1 aromatic heterocycles. The number of hydrogen-bond donors (Lipinski definition) is 1. The molecule has 1 aromatic carbocycles. The number of carbonyl (C=O) groups excluding carboxylic acids is 1. The second-order valence-corrected chi connectivity index (χ2v) is 10.4. The average molecular weight is 459 g/mol. The molecule has 8 nitrogen and oxygen atoms in total. The van der Waals surface area contributed by atoms with E-state index in [1.165, 1.54) is 11.8 Å². The molecular weight excluding hydrogens is 436 g/mol. The minimum absolute atomic E-state index is 0.0112. The highest BCUT2D eigenvalue weighted by molar-refractivity contribution is 7.99. The first kappa shape index (κ1) is 22.1. The molecule has 0 spiro atoms. The monoisotopic (exact) mass is 458 g/mol. The zero-order chi connectivity index (χ0) is 20.9. The first-order chi connectivity index (χ1) is 13.9. The van der Waals surface area contributed by atoms with E-state index in [1.54, 1.807) is 19.2 Å². The van der Waals surface area contributed by atoms with Crippen LogP contribution in [0.2, 0.25) is 5.02 Å². The summed E-state index contributed by atoms with van der Waals surface area (Å²) in [5.41, 5.74) is 0.881. The van der Waals surface area contributed by atoms with Gasteiger partial charge in [-0.25, -0.2) is 8.42 Å². The van der Waals surface area contributed by atoms with Crippen LogP contribution in [-0.4, -0.2) is 66.1 Å². The molecule has 1 aliphatic rings. The highest BCUT2D eigenvalue weighted by atomic mass is 35.5. The summed E-state index contributed by atoms with van der Waals surface area (Å²) in [7, 11) is -1.38. The summed E-state index contributed by atoms with van der Waals surface area (Å²) in [6, 6.07) is 7.03. The summed E-state index contributed by atoms with van der Waals surface area (Å²) in [6.07, 6.45) is 1.24. The van der Waals surface area contributed by atoms with E-state index in [2.05, 4.69) is 15.5 Å². The molecule has 1 atom stereocenters. The number of thioether (sulfide) groups is 1. The summed E-state index contributed by atoms with van der Waals surface area (Å²) >= 11 is 7.25. The van der Waals surface area contributed by atoms with Crippen molar-refractivity contribution >= 4 is 39.1 Å². The van der Waals surface area contributed by atoms with Gasteiger partial charge in [-0.15, -0.1) is 10.2 Å². The molecule has 0 saturated carbocycles. The Morgan fingerprint density at radius 2 is 2.10 bits per heavy atom. The molecule has 2 heterocycles. The standard InChI is InChI=1S/C18H23ClN4O4S2/c1-27-9-2-8-23-17(13-3-5-14(19)6-4-13)21-22-18(23)28-11-16(24)20-15-7-10-29(25,26)12-15/h3-6,15H,2,7-12H2,1H3,(H,20,24)/t15-/m1/s1. The molecule has 1 fully saturated rings. The van der Waals surface area contributed by atoms with Crippen molar-refractivity contribution in [2.75, 3.05) is 31.0 Å². The van der Waals surface area contributed by atoms with E-state index < -0.39 is 9.84 Å². The van der Waals surface area contributed by atoms with Gasteiger partial charge in [0.1, 0.15) is 0 Å². The quantitative estimate of drug-likeness (QED) is 0.453. The predicted molar refractivity (Wildman–Crippen MR) is 113 cm³/mol. The number of nitrogens with zero attached hydrogens (tertiary/aromatic N) is 3. The Balaban J connectivity index is 1.67. The van der Waals surface area contributed by atoms with Crippen LogP contribution in [0, 0.1) is 0 Å². The lowest BCUT2D eigenvalue weighted by Gasteiger charge is -2.12. The van der Waals surface area contributed by atoms with Crippen LogP contribution in [0.4, 0.5) is 0 Å². The predicted octanol–water partition coefficient (Wildman–Crippen LogP) is 2.03. The number of ether oxygens (including phenoxy) is 1. The SMILES string of the molecule is COCCCn1c(SCC(=O)N[C@@H]2CCS(=O)(=O)C2)nnc1-c1ccc(Cl)cc1. The second kappa shape index (κ2) is 9.92. The fourth-order valence-electron chi connectivity index (χ4n) is 3.08. The highest BCUT2D eigenvalue weighted by Gasteiger charge is 2.29. The van der Waals surface area contributed by atoms with Crippen molar-refractivity contribution in [3.05, 3.63) is 29.3 Å². The molecule has 2 aromatic rings. The first-order valence-electron chi connectivity index (χ1n) is 9.18. The van der Waals surface area contributed by atoms with Crippen molar-refractivity contribution in [3.63, 3.8) is 0 Å². The van der Waals surface area contributed by atoms with Gasteiger partial charge in [0.05, 0.1) is 17.3 Å². The van der Waals surface area contributed by atoms with E-state index in [0.29, 0.717) is 35.6 Å². The van der Waals surface area contributed by atoms with Crippen molar-refractivity contribution in [1.29, 1.82) is 0 Å². The number of rotatable bonds is 9. The van der Waals surface area contributed by atoms with Crippen molar-refractivity contribution in [1.82, 2.24) is 20.1 Å². The van der Waals surface area contributed by atoms with Gasteiger partial charge < -0.3 is 14.6 Å². The molecule has 158 valence electrons. The van der Waals surface area contributed by atoms with Crippen LogP contribution in [0.1, 0.15) is 12.8 Å². The number of halogens is 1. The van der Waals surface area contributed by atoms with Crippen LogP contribution < -0.4 is 5.32 Å². The van der Waals surface area contributed by atoms with E-state index in [4.69, 9.17) is 16.3 Å². The largest absolute Gasteiger partial charge is 0.385 e. The number of hydrogen-bond acceptors (Lipinski definition) is 7. The molecular formula is C18H23ClN4O4S2. The van der Waals surface area contributed by atoms with Gasteiger partial charge in [-0.1, -0.05) is 23.4 Å². The molecule has 0 unspecified atom stereocenters. The maximum atomic E-state index is 12.3. The highest BCUT2D eigenvalue weighted by Crippen LogP contribution is 2.25. The molecule has 11 heteroatoms. The summed E-state index contributed by atoms with van der Waals surface area (Å²) in [5.74, 6) is 0.763. The lowest BCUT2D eigenvalue weighted by molar-refractivity contribution is -0.119. The molecule has 1 saturated heterocycles. The van der Waals surface area contributed by atoms with Gasteiger partial charge >= 0.3 is 0 Å². The number of methoxy groups -OCH3 is 1. The van der Waals surface area contributed by atoms with Crippen LogP contribution in [0.3, 0.4) is 0 Å². The van der Waals surface area contributed by atoms with Crippen molar-refractivity contribution < 1.29 is 17.9 Å². The van der Waals surface area contributed by atoms with E-state index in [1.807, 2.05) is 16.7 Å². The summed E-state index contributed by atoms with van der Waals surface area (Å²) in [5, 5.41) is 12.6. The van der Waals surface area contributed by atoms with Crippen molar-refractivity contribution in [2.45, 2.75) is 30.6 Å². The third-order valence-electron chi connectivity index (χ3n) is 4.48. The van der Waals surface area contributed by atoms with Gasteiger partial charge in [0, 0.05) is 36.9 Å². The Kier molecular flexibility index (Phi) is 7.55. The maximum Gasteiger partial charge on any atom is 0.230 e. The van der Waals surface area contributed by atoms with E-state index in [9.17, 15) is 13.2 Å². The molecule has 1 amide bonds. The number of nitrogens with one attached hydrogen (secondary N) is 1. The van der Waals surface area contributed by atoms with Gasteiger partial charge in [-0.3, -0.25) is 4.79 Å². The molecule has 3 rings (SSSR count).